The second-order valence-corrected chi connectivity index (χ2v) is 6.95. The molecule has 0 saturated heterocycles. The van der Waals surface area contributed by atoms with Crippen molar-refractivity contribution in [3.63, 3.8) is 0 Å². The van der Waals surface area contributed by atoms with E-state index in [0.29, 0.717) is 40.2 Å². The number of amides is 1. The van der Waals surface area contributed by atoms with Crippen LogP contribution in [0, 0.1) is 0 Å². The number of anilines is 1. The zero-order valence-electron chi connectivity index (χ0n) is 19.7. The highest BCUT2D eigenvalue weighted by atomic mass is 16.6. The Kier molecular flexibility index (Phi) is 8.23. The van der Waals surface area contributed by atoms with Crippen molar-refractivity contribution in [1.82, 2.24) is 0 Å². The second-order valence-electron chi connectivity index (χ2n) is 6.95. The predicted molar refractivity (Wildman–Crippen MR) is 131 cm³/mol. The molecule has 0 fully saturated rings. The van der Waals surface area contributed by atoms with Gasteiger partial charge in [-0.1, -0.05) is 24.3 Å². The fourth-order valence-electron chi connectivity index (χ4n) is 3.22. The third-order valence-electron chi connectivity index (χ3n) is 4.87. The summed E-state index contributed by atoms with van der Waals surface area (Å²) in [5.41, 5.74) is 2.13. The second kappa shape index (κ2) is 11.5. The first-order valence-electron chi connectivity index (χ1n) is 10.3. The summed E-state index contributed by atoms with van der Waals surface area (Å²) in [5.74, 6) is 3.06. The summed E-state index contributed by atoms with van der Waals surface area (Å²) < 4.78 is 32.1. The summed E-state index contributed by atoms with van der Waals surface area (Å²) >= 11 is 0. The molecule has 0 unspecified atom stereocenters. The Hall–Kier alpha value is -4.33. The molecule has 0 aliphatic rings. The minimum Gasteiger partial charge on any atom is -0.497 e. The van der Waals surface area contributed by atoms with Crippen LogP contribution < -0.4 is 33.7 Å². The van der Waals surface area contributed by atoms with E-state index >= 15 is 0 Å². The summed E-state index contributed by atoms with van der Waals surface area (Å²) in [5, 5.41) is 2.72. The van der Waals surface area contributed by atoms with Crippen molar-refractivity contribution < 1.29 is 33.2 Å². The molecule has 1 amide bonds. The summed E-state index contributed by atoms with van der Waals surface area (Å²) in [6.45, 7) is 0. The molecule has 3 aromatic carbocycles. The normalized spacial score (nSPS) is 10.5. The van der Waals surface area contributed by atoms with Gasteiger partial charge in [-0.2, -0.15) is 0 Å². The van der Waals surface area contributed by atoms with Gasteiger partial charge in [0.25, 0.3) is 0 Å². The van der Waals surface area contributed by atoms with Gasteiger partial charge in [0.1, 0.15) is 17.2 Å². The highest BCUT2D eigenvalue weighted by Crippen LogP contribution is 2.38. The van der Waals surface area contributed by atoms with E-state index in [0.717, 1.165) is 11.1 Å². The van der Waals surface area contributed by atoms with Crippen molar-refractivity contribution in [2.45, 2.75) is 0 Å². The quantitative estimate of drug-likeness (QED) is 0.417. The summed E-state index contributed by atoms with van der Waals surface area (Å²) in [6, 6.07) is 15.9. The Bertz CT molecular complexity index is 1150. The molecule has 1 N–H and O–H groups in total. The van der Waals surface area contributed by atoms with Crippen molar-refractivity contribution in [2.75, 3.05) is 40.9 Å². The number of rotatable bonds is 9. The lowest BCUT2D eigenvalue weighted by Crippen LogP contribution is -2.17. The summed E-state index contributed by atoms with van der Waals surface area (Å²) in [4.78, 5) is 12.5. The number of hydrogen-bond donors (Lipinski definition) is 1. The van der Waals surface area contributed by atoms with E-state index in [-0.39, 0.29) is 0 Å². The molecule has 0 atom stereocenters. The highest BCUT2D eigenvalue weighted by molar-refractivity contribution is 5.89. The molecule has 3 rings (SSSR count). The SMILES string of the molecule is COc1cccc(OC(=O)Nc2cc(/C=C\c3cc(OC)c(OC)c(OC)c3)ccc2OC)c1. The van der Waals surface area contributed by atoms with Gasteiger partial charge in [-0.3, -0.25) is 5.32 Å². The van der Waals surface area contributed by atoms with Crippen molar-refractivity contribution in [3.8, 4) is 34.5 Å². The van der Waals surface area contributed by atoms with Gasteiger partial charge >= 0.3 is 6.09 Å². The lowest BCUT2D eigenvalue weighted by molar-refractivity contribution is 0.215. The first-order chi connectivity index (χ1) is 16.5. The number of nitrogens with one attached hydrogen (secondary N) is 1. The van der Waals surface area contributed by atoms with E-state index < -0.39 is 6.09 Å². The highest BCUT2D eigenvalue weighted by Gasteiger charge is 2.13. The smallest absolute Gasteiger partial charge is 0.417 e. The van der Waals surface area contributed by atoms with E-state index in [1.165, 1.54) is 7.11 Å². The molecule has 3 aromatic rings. The molecular weight excluding hydrogens is 438 g/mol. The molecule has 0 aliphatic heterocycles. The third-order valence-corrected chi connectivity index (χ3v) is 4.87. The van der Waals surface area contributed by atoms with Gasteiger partial charge < -0.3 is 28.4 Å². The fourth-order valence-corrected chi connectivity index (χ4v) is 3.22. The molecule has 34 heavy (non-hydrogen) atoms. The molecule has 0 aromatic heterocycles. The van der Waals surface area contributed by atoms with Crippen LogP contribution in [0.4, 0.5) is 10.5 Å². The first-order valence-corrected chi connectivity index (χ1v) is 10.3. The van der Waals surface area contributed by atoms with Gasteiger partial charge in [0, 0.05) is 6.07 Å². The number of carbonyl (C=O) groups is 1. The Morgan fingerprint density at radius 3 is 1.94 bits per heavy atom. The van der Waals surface area contributed by atoms with Crippen LogP contribution in [0.25, 0.3) is 12.2 Å². The Morgan fingerprint density at radius 2 is 1.32 bits per heavy atom. The molecule has 0 spiro atoms. The number of hydrogen-bond acceptors (Lipinski definition) is 7. The summed E-state index contributed by atoms with van der Waals surface area (Å²) in [7, 11) is 7.76. The Labute approximate surface area is 198 Å². The molecule has 0 bridgehead atoms. The van der Waals surface area contributed by atoms with Gasteiger partial charge in [0.15, 0.2) is 11.5 Å². The van der Waals surface area contributed by atoms with E-state index in [1.54, 1.807) is 64.8 Å². The lowest BCUT2D eigenvalue weighted by atomic mass is 10.1. The molecule has 8 nitrogen and oxygen atoms in total. The van der Waals surface area contributed by atoms with E-state index in [2.05, 4.69) is 5.32 Å². The zero-order valence-corrected chi connectivity index (χ0v) is 19.7. The van der Waals surface area contributed by atoms with Gasteiger partial charge in [-0.25, -0.2) is 4.79 Å². The topological polar surface area (TPSA) is 84.5 Å². The maximum Gasteiger partial charge on any atom is 0.417 e. The van der Waals surface area contributed by atoms with E-state index in [4.69, 9.17) is 28.4 Å². The summed E-state index contributed by atoms with van der Waals surface area (Å²) in [6.07, 6.45) is 3.13. The van der Waals surface area contributed by atoms with Crippen LogP contribution in [0.2, 0.25) is 0 Å². The molecule has 0 radical (unpaired) electrons. The molecule has 8 heteroatoms. The van der Waals surface area contributed by atoms with E-state index in [1.807, 2.05) is 30.4 Å². The third kappa shape index (κ3) is 5.92. The maximum absolute atomic E-state index is 12.5. The van der Waals surface area contributed by atoms with Crippen molar-refractivity contribution >= 4 is 23.9 Å². The number of methoxy groups -OCH3 is 5. The molecule has 0 heterocycles. The fraction of sp³-hybridized carbons (Fsp3) is 0.192. The van der Waals surface area contributed by atoms with Crippen LogP contribution in [-0.2, 0) is 0 Å². The number of benzene rings is 3. The van der Waals surface area contributed by atoms with Gasteiger partial charge in [-0.15, -0.1) is 0 Å². The zero-order chi connectivity index (χ0) is 24.5. The molecule has 178 valence electrons. The minimum atomic E-state index is -0.655. The van der Waals surface area contributed by atoms with Crippen LogP contribution in [0.3, 0.4) is 0 Å². The number of carbonyl (C=O) groups excluding carboxylic acids is 1. The van der Waals surface area contributed by atoms with Gasteiger partial charge in [0.05, 0.1) is 41.2 Å². The van der Waals surface area contributed by atoms with Crippen molar-refractivity contribution in [1.29, 1.82) is 0 Å². The predicted octanol–water partition coefficient (Wildman–Crippen LogP) is 5.51. The van der Waals surface area contributed by atoms with Crippen LogP contribution in [0.5, 0.6) is 34.5 Å². The minimum absolute atomic E-state index is 0.356. The molecular formula is C26H27NO7. The van der Waals surface area contributed by atoms with Crippen LogP contribution >= 0.6 is 0 Å². The van der Waals surface area contributed by atoms with Crippen molar-refractivity contribution in [2.24, 2.45) is 0 Å². The lowest BCUT2D eigenvalue weighted by Gasteiger charge is -2.13. The van der Waals surface area contributed by atoms with E-state index in [9.17, 15) is 4.79 Å². The first kappa shape index (κ1) is 24.3. The van der Waals surface area contributed by atoms with Crippen LogP contribution in [0.1, 0.15) is 11.1 Å². The average molecular weight is 466 g/mol. The standard InChI is InChI=1S/C26H27NO7/c1-29-19-7-6-8-20(16-19)34-26(28)27-21-13-17(11-12-22(21)30-2)9-10-18-14-23(31-3)25(33-5)24(15-18)32-4/h6-16H,1-5H3,(H,27,28)/b10-9-. The van der Waals surface area contributed by atoms with Crippen LogP contribution in [-0.4, -0.2) is 41.6 Å². The van der Waals surface area contributed by atoms with Gasteiger partial charge in [-0.05, 0) is 47.5 Å². The average Bonchev–Trinajstić information content (AvgIpc) is 2.86. The number of ether oxygens (including phenoxy) is 6. The van der Waals surface area contributed by atoms with Gasteiger partial charge in [0.2, 0.25) is 5.75 Å². The van der Waals surface area contributed by atoms with Crippen LogP contribution in [0.15, 0.2) is 54.6 Å². The molecule has 0 saturated carbocycles. The monoisotopic (exact) mass is 465 g/mol. The molecule has 0 aliphatic carbocycles. The van der Waals surface area contributed by atoms with Crippen molar-refractivity contribution in [3.05, 3.63) is 65.7 Å². The Morgan fingerprint density at radius 1 is 0.676 bits per heavy atom. The maximum atomic E-state index is 12.5. The largest absolute Gasteiger partial charge is 0.497 e. The Balaban J connectivity index is 1.81.